The van der Waals surface area contributed by atoms with Gasteiger partial charge >= 0.3 is 5.91 Å². The quantitative estimate of drug-likeness (QED) is 0.571. The highest BCUT2D eigenvalue weighted by Crippen LogP contribution is 2.20. The number of halogens is 2. The van der Waals surface area contributed by atoms with Crippen LogP contribution in [0.3, 0.4) is 0 Å². The highest BCUT2D eigenvalue weighted by atomic mass is 35.5. The summed E-state index contributed by atoms with van der Waals surface area (Å²) in [5.74, 6) is -0.939. The first kappa shape index (κ1) is 10.1. The van der Waals surface area contributed by atoms with Gasteiger partial charge < -0.3 is 0 Å². The number of aromatic nitrogens is 2. The SMILES string of the molecule is O=NC(=O)c1cc2cc(Cl)cc(Cl)n2n1. The molecule has 0 saturated heterocycles. The minimum atomic E-state index is -0.939. The summed E-state index contributed by atoms with van der Waals surface area (Å²) in [4.78, 5) is 21.0. The number of nitroso groups, excluding NO2 is 1. The minimum absolute atomic E-state index is 0.0610. The van der Waals surface area contributed by atoms with Crippen molar-refractivity contribution >= 4 is 34.6 Å². The third-order valence-corrected chi connectivity index (χ3v) is 2.27. The van der Waals surface area contributed by atoms with Gasteiger partial charge in [-0.05, 0) is 18.2 Å². The van der Waals surface area contributed by atoms with E-state index in [0.29, 0.717) is 10.5 Å². The molecule has 0 N–H and O–H groups in total. The standard InChI is InChI=1S/C8H3Cl2N3O2/c9-4-1-5-3-6(8(14)12-15)11-13(5)7(10)2-4/h1-3H. The third kappa shape index (κ3) is 1.71. The molecule has 2 rings (SSSR count). The molecule has 0 aliphatic heterocycles. The summed E-state index contributed by atoms with van der Waals surface area (Å²) in [7, 11) is 0. The number of fused-ring (bicyclic) bond motifs is 1. The summed E-state index contributed by atoms with van der Waals surface area (Å²) in [6, 6.07) is 4.44. The van der Waals surface area contributed by atoms with Crippen LogP contribution in [-0.4, -0.2) is 15.5 Å². The van der Waals surface area contributed by atoms with Gasteiger partial charge in [0.05, 0.1) is 5.52 Å². The maximum atomic E-state index is 10.9. The third-order valence-electron chi connectivity index (χ3n) is 1.78. The van der Waals surface area contributed by atoms with Gasteiger partial charge in [0.2, 0.25) is 0 Å². The summed E-state index contributed by atoms with van der Waals surface area (Å²) in [6.45, 7) is 0. The van der Waals surface area contributed by atoms with Crippen molar-refractivity contribution in [2.75, 3.05) is 0 Å². The lowest BCUT2D eigenvalue weighted by Gasteiger charge is -1.96. The van der Waals surface area contributed by atoms with E-state index in [0.717, 1.165) is 0 Å². The van der Waals surface area contributed by atoms with Gasteiger partial charge in [-0.1, -0.05) is 23.2 Å². The molecule has 0 spiro atoms. The highest BCUT2D eigenvalue weighted by Gasteiger charge is 2.12. The molecule has 5 nitrogen and oxygen atoms in total. The molecule has 0 aromatic carbocycles. The van der Waals surface area contributed by atoms with Crippen molar-refractivity contribution in [2.45, 2.75) is 0 Å². The fourth-order valence-electron chi connectivity index (χ4n) is 1.18. The van der Waals surface area contributed by atoms with E-state index in [9.17, 15) is 9.70 Å². The Kier molecular flexibility index (Phi) is 2.42. The van der Waals surface area contributed by atoms with Crippen LogP contribution in [0.5, 0.6) is 0 Å². The lowest BCUT2D eigenvalue weighted by Crippen LogP contribution is -1.95. The van der Waals surface area contributed by atoms with Crippen molar-refractivity contribution < 1.29 is 4.79 Å². The van der Waals surface area contributed by atoms with Crippen molar-refractivity contribution in [3.63, 3.8) is 0 Å². The number of nitrogens with zero attached hydrogens (tertiary/aromatic N) is 3. The Morgan fingerprint density at radius 3 is 2.73 bits per heavy atom. The monoisotopic (exact) mass is 243 g/mol. The van der Waals surface area contributed by atoms with Gasteiger partial charge in [0.1, 0.15) is 5.15 Å². The first-order valence-electron chi connectivity index (χ1n) is 3.84. The minimum Gasteiger partial charge on any atom is -0.261 e. The van der Waals surface area contributed by atoms with Crippen molar-refractivity contribution in [2.24, 2.45) is 5.18 Å². The van der Waals surface area contributed by atoms with Crippen LogP contribution < -0.4 is 0 Å². The second-order valence-corrected chi connectivity index (χ2v) is 3.58. The number of carbonyl (C=O) groups is 1. The highest BCUT2D eigenvalue weighted by molar-refractivity contribution is 6.34. The van der Waals surface area contributed by atoms with Gasteiger partial charge in [-0.2, -0.15) is 5.10 Å². The van der Waals surface area contributed by atoms with Crippen LogP contribution in [0.1, 0.15) is 10.5 Å². The molecule has 1 amide bonds. The molecule has 0 fully saturated rings. The zero-order valence-electron chi connectivity index (χ0n) is 7.15. The van der Waals surface area contributed by atoms with Gasteiger partial charge in [0.15, 0.2) is 5.69 Å². The molecule has 2 aromatic rings. The van der Waals surface area contributed by atoms with Gasteiger partial charge in [-0.25, -0.2) is 4.52 Å². The van der Waals surface area contributed by atoms with Crippen molar-refractivity contribution in [3.8, 4) is 0 Å². The van der Waals surface area contributed by atoms with Gasteiger partial charge in [-0.3, -0.25) is 4.79 Å². The normalized spacial score (nSPS) is 10.5. The van der Waals surface area contributed by atoms with Crippen LogP contribution in [0.25, 0.3) is 5.52 Å². The smallest absolute Gasteiger partial charge is 0.261 e. The van der Waals surface area contributed by atoms with E-state index in [1.165, 1.54) is 16.6 Å². The Balaban J connectivity index is 2.70. The zero-order chi connectivity index (χ0) is 11.0. The molecule has 0 bridgehead atoms. The van der Waals surface area contributed by atoms with E-state index in [2.05, 4.69) is 10.3 Å². The van der Waals surface area contributed by atoms with Crippen LogP contribution in [0, 0.1) is 4.91 Å². The second-order valence-electron chi connectivity index (χ2n) is 2.76. The number of carbonyl (C=O) groups excluding carboxylic acids is 1. The molecule has 0 saturated carbocycles. The number of amides is 1. The zero-order valence-corrected chi connectivity index (χ0v) is 8.66. The Morgan fingerprint density at radius 2 is 2.07 bits per heavy atom. The molecule has 0 atom stereocenters. The first-order chi connectivity index (χ1) is 7.11. The summed E-state index contributed by atoms with van der Waals surface area (Å²) in [5, 5.41) is 6.75. The molecule has 15 heavy (non-hydrogen) atoms. The van der Waals surface area contributed by atoms with E-state index >= 15 is 0 Å². The number of pyridine rings is 1. The molecular weight excluding hydrogens is 241 g/mol. The van der Waals surface area contributed by atoms with Crippen LogP contribution in [0.15, 0.2) is 23.4 Å². The molecule has 0 unspecified atom stereocenters. The molecule has 2 aromatic heterocycles. The molecule has 0 radical (unpaired) electrons. The molecular formula is C8H3Cl2N3O2. The lowest BCUT2D eigenvalue weighted by molar-refractivity contribution is 0.0996. The lowest BCUT2D eigenvalue weighted by atomic mass is 10.3. The van der Waals surface area contributed by atoms with Crippen LogP contribution in [0.2, 0.25) is 10.2 Å². The maximum Gasteiger partial charge on any atom is 0.336 e. The molecule has 0 aliphatic carbocycles. The average molecular weight is 244 g/mol. The van der Waals surface area contributed by atoms with E-state index in [1.807, 2.05) is 0 Å². The summed E-state index contributed by atoms with van der Waals surface area (Å²) in [5.41, 5.74) is 0.466. The molecule has 7 heteroatoms. The number of hydrogen-bond acceptors (Lipinski definition) is 3. The number of hydrogen-bond donors (Lipinski definition) is 0. The fourth-order valence-corrected chi connectivity index (χ4v) is 1.70. The van der Waals surface area contributed by atoms with Crippen LogP contribution >= 0.6 is 23.2 Å². The van der Waals surface area contributed by atoms with E-state index in [1.54, 1.807) is 6.07 Å². The Bertz CT molecular complexity index is 564. The van der Waals surface area contributed by atoms with Gasteiger partial charge in [0, 0.05) is 10.2 Å². The fraction of sp³-hybridized carbons (Fsp3) is 0. The Labute approximate surface area is 93.6 Å². The molecule has 76 valence electrons. The molecule has 0 aliphatic rings. The van der Waals surface area contributed by atoms with Crippen molar-refractivity contribution in [1.82, 2.24) is 9.61 Å². The summed E-state index contributed by atoms with van der Waals surface area (Å²) >= 11 is 11.6. The summed E-state index contributed by atoms with van der Waals surface area (Å²) in [6.07, 6.45) is 0. The Morgan fingerprint density at radius 1 is 1.33 bits per heavy atom. The van der Waals surface area contributed by atoms with Gasteiger partial charge in [0.25, 0.3) is 0 Å². The average Bonchev–Trinajstić information content (AvgIpc) is 2.60. The van der Waals surface area contributed by atoms with E-state index < -0.39 is 5.91 Å². The predicted octanol–water partition coefficient (Wildman–Crippen LogP) is 2.55. The Hall–Kier alpha value is -1.46. The van der Waals surface area contributed by atoms with Crippen molar-refractivity contribution in [3.05, 3.63) is 39.0 Å². The second kappa shape index (κ2) is 3.60. The topological polar surface area (TPSA) is 63.8 Å². The number of rotatable bonds is 1. The predicted molar refractivity (Wildman–Crippen MR) is 55.3 cm³/mol. The van der Waals surface area contributed by atoms with E-state index in [4.69, 9.17) is 23.2 Å². The largest absolute Gasteiger partial charge is 0.336 e. The molecule has 2 heterocycles. The van der Waals surface area contributed by atoms with Gasteiger partial charge in [-0.15, -0.1) is 4.91 Å². The summed E-state index contributed by atoms with van der Waals surface area (Å²) < 4.78 is 1.30. The van der Waals surface area contributed by atoms with E-state index in [-0.39, 0.29) is 10.8 Å². The van der Waals surface area contributed by atoms with Crippen LogP contribution in [-0.2, 0) is 0 Å². The first-order valence-corrected chi connectivity index (χ1v) is 4.60. The van der Waals surface area contributed by atoms with Crippen LogP contribution in [0.4, 0.5) is 0 Å². The maximum absolute atomic E-state index is 10.9. The van der Waals surface area contributed by atoms with Crippen molar-refractivity contribution in [1.29, 1.82) is 0 Å².